The molecule has 0 amide bonds. The quantitative estimate of drug-likeness (QED) is 0.762. The second-order valence-corrected chi connectivity index (χ2v) is 5.26. The highest BCUT2D eigenvalue weighted by atomic mass is 35.5. The maximum absolute atomic E-state index is 5.86. The zero-order valence-corrected chi connectivity index (χ0v) is 11.2. The molecule has 1 unspecified atom stereocenters. The van der Waals surface area contributed by atoms with Gasteiger partial charge in [0.15, 0.2) is 0 Å². The third-order valence-electron chi connectivity index (χ3n) is 3.30. The third-order valence-corrected chi connectivity index (χ3v) is 3.30. The molecule has 0 radical (unpaired) electrons. The van der Waals surface area contributed by atoms with Gasteiger partial charge in [0.25, 0.3) is 0 Å². The Hall–Kier alpha value is 0.235. The first-order valence-electron chi connectivity index (χ1n) is 5.34. The molecule has 5 heteroatoms. The summed E-state index contributed by atoms with van der Waals surface area (Å²) in [6, 6.07) is 0. The fraction of sp³-hybridized carbons (Fsp3) is 1.00. The lowest BCUT2D eigenvalue weighted by molar-refractivity contribution is 0.00578. The first-order chi connectivity index (χ1) is 6.28. The molecule has 0 aromatic heterocycles. The molecule has 1 aliphatic heterocycles. The van der Waals surface area contributed by atoms with Crippen molar-refractivity contribution in [2.75, 3.05) is 6.54 Å². The number of rotatable bonds is 3. The Labute approximate surface area is 99.6 Å². The maximum Gasteiger partial charge on any atom is 0.458 e. The Morgan fingerprint density at radius 2 is 1.53 bits per heavy atom. The largest absolute Gasteiger partial charge is 0.458 e. The van der Waals surface area contributed by atoms with Crippen molar-refractivity contribution < 1.29 is 9.31 Å². The highest BCUT2D eigenvalue weighted by Crippen LogP contribution is 2.38. The Morgan fingerprint density at radius 1 is 1.13 bits per heavy atom. The number of nitrogens with two attached hydrogens (primary N) is 1. The molecular weight excluding hydrogens is 212 g/mol. The van der Waals surface area contributed by atoms with Gasteiger partial charge in [0.2, 0.25) is 0 Å². The van der Waals surface area contributed by atoms with Crippen LogP contribution in [-0.2, 0) is 9.31 Å². The van der Waals surface area contributed by atoms with Crippen LogP contribution in [0.4, 0.5) is 0 Å². The van der Waals surface area contributed by atoms with Crippen LogP contribution < -0.4 is 5.73 Å². The molecular formula is C10H23BClNO2. The van der Waals surface area contributed by atoms with Crippen LogP contribution in [-0.4, -0.2) is 24.9 Å². The van der Waals surface area contributed by atoms with Gasteiger partial charge in [-0.1, -0.05) is 6.92 Å². The summed E-state index contributed by atoms with van der Waals surface area (Å²) in [5.74, 6) is 0.449. The van der Waals surface area contributed by atoms with Gasteiger partial charge in [-0.15, -0.1) is 12.4 Å². The van der Waals surface area contributed by atoms with Gasteiger partial charge in [0.1, 0.15) is 0 Å². The van der Waals surface area contributed by atoms with E-state index < -0.39 is 0 Å². The molecule has 0 aromatic carbocycles. The van der Waals surface area contributed by atoms with E-state index in [1.54, 1.807) is 0 Å². The molecule has 1 rings (SSSR count). The molecule has 0 aliphatic carbocycles. The molecule has 0 saturated carbocycles. The Morgan fingerprint density at radius 3 is 1.87 bits per heavy atom. The summed E-state index contributed by atoms with van der Waals surface area (Å²) in [5, 5.41) is 0. The molecule has 0 spiro atoms. The van der Waals surface area contributed by atoms with Crippen molar-refractivity contribution in [3.8, 4) is 0 Å². The molecule has 3 nitrogen and oxygen atoms in total. The van der Waals surface area contributed by atoms with Gasteiger partial charge in [-0.05, 0) is 46.5 Å². The van der Waals surface area contributed by atoms with Crippen molar-refractivity contribution in [3.63, 3.8) is 0 Å². The predicted octanol–water partition coefficient (Wildman–Crippen LogP) is 2.10. The van der Waals surface area contributed by atoms with Crippen molar-refractivity contribution >= 4 is 19.5 Å². The first kappa shape index (κ1) is 15.2. The fourth-order valence-electron chi connectivity index (χ4n) is 1.49. The second kappa shape index (κ2) is 5.04. The predicted molar refractivity (Wildman–Crippen MR) is 66.4 cm³/mol. The van der Waals surface area contributed by atoms with E-state index in [0.29, 0.717) is 12.5 Å². The monoisotopic (exact) mass is 235 g/mol. The van der Waals surface area contributed by atoms with Gasteiger partial charge in [-0.2, -0.15) is 0 Å². The lowest BCUT2D eigenvalue weighted by Crippen LogP contribution is -2.41. The van der Waals surface area contributed by atoms with Crippen LogP contribution in [0.1, 0.15) is 34.6 Å². The van der Waals surface area contributed by atoms with E-state index in [0.717, 1.165) is 6.32 Å². The lowest BCUT2D eigenvalue weighted by atomic mass is 9.78. The first-order valence-corrected chi connectivity index (χ1v) is 5.34. The minimum Gasteiger partial charge on any atom is -0.403 e. The zero-order chi connectivity index (χ0) is 11.0. The Kier molecular flexibility index (Phi) is 5.12. The molecule has 0 bridgehead atoms. The molecule has 1 atom stereocenters. The van der Waals surface area contributed by atoms with Gasteiger partial charge >= 0.3 is 7.12 Å². The molecule has 1 saturated heterocycles. The molecule has 15 heavy (non-hydrogen) atoms. The number of halogens is 1. The van der Waals surface area contributed by atoms with Crippen molar-refractivity contribution in [3.05, 3.63) is 0 Å². The minimum atomic E-state index is -0.216. The smallest absolute Gasteiger partial charge is 0.403 e. The van der Waals surface area contributed by atoms with E-state index >= 15 is 0 Å². The van der Waals surface area contributed by atoms with Crippen LogP contribution in [0.5, 0.6) is 0 Å². The van der Waals surface area contributed by atoms with E-state index in [4.69, 9.17) is 15.0 Å². The molecule has 90 valence electrons. The van der Waals surface area contributed by atoms with Crippen LogP contribution in [0.25, 0.3) is 0 Å². The van der Waals surface area contributed by atoms with Crippen molar-refractivity contribution in [2.45, 2.75) is 52.1 Å². The summed E-state index contributed by atoms with van der Waals surface area (Å²) in [4.78, 5) is 0. The Balaban J connectivity index is 0.00000196. The van der Waals surface area contributed by atoms with E-state index in [-0.39, 0.29) is 30.7 Å². The van der Waals surface area contributed by atoms with Crippen molar-refractivity contribution in [1.29, 1.82) is 0 Å². The lowest BCUT2D eigenvalue weighted by Gasteiger charge is -2.32. The fourth-order valence-corrected chi connectivity index (χ4v) is 1.49. The summed E-state index contributed by atoms with van der Waals surface area (Å²) in [6.45, 7) is 11.1. The average molecular weight is 236 g/mol. The highest BCUT2D eigenvalue weighted by Gasteiger charge is 2.50. The number of hydrogen-bond donors (Lipinski definition) is 1. The number of hydrogen-bond acceptors (Lipinski definition) is 3. The van der Waals surface area contributed by atoms with E-state index in [1.807, 2.05) is 0 Å². The van der Waals surface area contributed by atoms with Crippen LogP contribution in [0, 0.1) is 5.92 Å². The average Bonchev–Trinajstić information content (AvgIpc) is 2.20. The van der Waals surface area contributed by atoms with E-state index in [2.05, 4.69) is 34.6 Å². The van der Waals surface area contributed by atoms with Crippen LogP contribution in [0.2, 0.25) is 6.32 Å². The summed E-state index contributed by atoms with van der Waals surface area (Å²) < 4.78 is 11.7. The maximum atomic E-state index is 5.86. The van der Waals surface area contributed by atoms with Gasteiger partial charge in [-0.25, -0.2) is 0 Å². The molecule has 1 heterocycles. The Bertz CT molecular complexity index is 196. The van der Waals surface area contributed by atoms with Gasteiger partial charge in [0, 0.05) is 0 Å². The standard InChI is InChI=1S/C10H22BNO2.ClH/c1-8(7-12)6-11-13-9(2,3)10(4,5)14-11;/h8H,6-7,12H2,1-5H3;1H. The normalized spacial score (nSPS) is 24.8. The summed E-state index contributed by atoms with van der Waals surface area (Å²) in [6.07, 6.45) is 0.878. The summed E-state index contributed by atoms with van der Waals surface area (Å²) in [7, 11) is -0.0986. The van der Waals surface area contributed by atoms with Crippen LogP contribution in [0.3, 0.4) is 0 Å². The van der Waals surface area contributed by atoms with Gasteiger partial charge in [-0.3, -0.25) is 0 Å². The van der Waals surface area contributed by atoms with Crippen LogP contribution in [0.15, 0.2) is 0 Å². The van der Waals surface area contributed by atoms with Gasteiger partial charge in [0.05, 0.1) is 11.2 Å². The second-order valence-electron chi connectivity index (χ2n) is 5.26. The highest BCUT2D eigenvalue weighted by molar-refractivity contribution is 6.45. The third kappa shape index (κ3) is 3.35. The van der Waals surface area contributed by atoms with Gasteiger partial charge < -0.3 is 15.0 Å². The van der Waals surface area contributed by atoms with Crippen molar-refractivity contribution in [2.24, 2.45) is 11.7 Å². The topological polar surface area (TPSA) is 44.5 Å². The minimum absolute atomic E-state index is 0. The summed E-state index contributed by atoms with van der Waals surface area (Å²) >= 11 is 0. The van der Waals surface area contributed by atoms with E-state index in [9.17, 15) is 0 Å². The molecule has 1 aliphatic rings. The molecule has 1 fully saturated rings. The zero-order valence-electron chi connectivity index (χ0n) is 10.4. The molecule has 0 aromatic rings. The SMILES string of the molecule is CC(CN)CB1OC(C)(C)C(C)(C)O1.Cl. The van der Waals surface area contributed by atoms with Crippen LogP contribution >= 0.6 is 12.4 Å². The molecule has 2 N–H and O–H groups in total. The van der Waals surface area contributed by atoms with Crippen molar-refractivity contribution in [1.82, 2.24) is 0 Å². The summed E-state index contributed by atoms with van der Waals surface area (Å²) in [5.41, 5.74) is 5.14. The van der Waals surface area contributed by atoms with E-state index in [1.165, 1.54) is 0 Å².